The van der Waals surface area contributed by atoms with E-state index in [9.17, 15) is 0 Å². The number of nitrogens with one attached hydrogen (secondary N) is 1. The Morgan fingerprint density at radius 1 is 1.33 bits per heavy atom. The highest BCUT2D eigenvalue weighted by molar-refractivity contribution is 9.10. The second kappa shape index (κ2) is 8.16. The minimum Gasteiger partial charge on any atom is -0.371 e. The Kier molecular flexibility index (Phi) is 6.52. The Balaban J connectivity index is 1.98. The minimum absolute atomic E-state index is 0.664. The van der Waals surface area contributed by atoms with Crippen molar-refractivity contribution < 1.29 is 0 Å². The third-order valence-corrected chi connectivity index (χ3v) is 5.16. The maximum Gasteiger partial charge on any atom is 0.0377 e. The largest absolute Gasteiger partial charge is 0.371 e. The van der Waals surface area contributed by atoms with Gasteiger partial charge in [0.05, 0.1) is 0 Å². The first-order valence-corrected chi connectivity index (χ1v) is 8.81. The summed E-state index contributed by atoms with van der Waals surface area (Å²) in [6.07, 6.45) is 3.68. The van der Waals surface area contributed by atoms with Crippen molar-refractivity contribution in [2.45, 2.75) is 38.8 Å². The molecule has 1 aliphatic heterocycles. The lowest BCUT2D eigenvalue weighted by Gasteiger charge is -2.36. The topological polar surface area (TPSA) is 18.5 Å². The summed E-state index contributed by atoms with van der Waals surface area (Å²) in [6.45, 7) is 6.61. The van der Waals surface area contributed by atoms with Crippen LogP contribution < -0.4 is 10.2 Å². The lowest BCUT2D eigenvalue weighted by molar-refractivity contribution is 0.253. The molecule has 0 radical (unpaired) electrons. The van der Waals surface area contributed by atoms with Crippen LogP contribution in [0.1, 0.15) is 31.7 Å². The monoisotopic (exact) mass is 353 g/mol. The Labute approximate surface area is 137 Å². The highest BCUT2D eigenvalue weighted by atomic mass is 79.9. The predicted octanol–water partition coefficient (Wildman–Crippen LogP) is 3.48. The lowest BCUT2D eigenvalue weighted by atomic mass is 10.0. The molecule has 1 aliphatic rings. The molecule has 1 N–H and O–H groups in total. The van der Waals surface area contributed by atoms with Gasteiger partial charge in [-0.3, -0.25) is 0 Å². The molecule has 4 heteroatoms. The molecule has 2 rings (SSSR count). The third-order valence-electron chi connectivity index (χ3n) is 4.42. The van der Waals surface area contributed by atoms with Crippen molar-refractivity contribution in [3.8, 4) is 0 Å². The fourth-order valence-corrected chi connectivity index (χ4v) is 3.40. The van der Waals surface area contributed by atoms with E-state index < -0.39 is 0 Å². The zero-order chi connectivity index (χ0) is 15.2. The molecule has 21 heavy (non-hydrogen) atoms. The predicted molar refractivity (Wildman–Crippen MR) is 95.1 cm³/mol. The molecule has 0 amide bonds. The minimum atomic E-state index is 0.664. The van der Waals surface area contributed by atoms with E-state index in [1.54, 1.807) is 0 Å². The van der Waals surface area contributed by atoms with Crippen molar-refractivity contribution in [1.82, 2.24) is 10.2 Å². The van der Waals surface area contributed by atoms with Gasteiger partial charge in [0, 0.05) is 29.8 Å². The summed E-state index contributed by atoms with van der Waals surface area (Å²) in [6, 6.07) is 7.43. The van der Waals surface area contributed by atoms with Crippen molar-refractivity contribution in [1.29, 1.82) is 0 Å². The first-order chi connectivity index (χ1) is 10.1. The number of likely N-dealkylation sites (tertiary alicyclic amines) is 1. The first kappa shape index (κ1) is 16.8. The number of nitrogens with zero attached hydrogens (tertiary/aromatic N) is 2. The summed E-state index contributed by atoms with van der Waals surface area (Å²) < 4.78 is 1.21. The van der Waals surface area contributed by atoms with Crippen LogP contribution in [0.3, 0.4) is 0 Å². The number of piperidine rings is 1. The van der Waals surface area contributed by atoms with Crippen LogP contribution in [-0.4, -0.2) is 44.7 Å². The molecular formula is C17H28BrN3. The van der Waals surface area contributed by atoms with Crippen molar-refractivity contribution in [3.63, 3.8) is 0 Å². The number of anilines is 1. The number of halogens is 1. The number of hydrogen-bond acceptors (Lipinski definition) is 3. The van der Waals surface area contributed by atoms with Crippen molar-refractivity contribution in [2.75, 3.05) is 38.6 Å². The SMILES string of the molecule is CCCNCc1ccc(N(C)C2CCN(C)CC2)cc1Br. The van der Waals surface area contributed by atoms with E-state index in [0.29, 0.717) is 6.04 Å². The second-order valence-electron chi connectivity index (χ2n) is 6.10. The molecule has 1 fully saturated rings. The van der Waals surface area contributed by atoms with Crippen LogP contribution in [0.2, 0.25) is 0 Å². The first-order valence-electron chi connectivity index (χ1n) is 8.02. The van der Waals surface area contributed by atoms with Gasteiger partial charge in [-0.05, 0) is 63.6 Å². The van der Waals surface area contributed by atoms with Gasteiger partial charge in [0.2, 0.25) is 0 Å². The molecule has 3 nitrogen and oxygen atoms in total. The summed E-state index contributed by atoms with van der Waals surface area (Å²) in [7, 11) is 4.44. The van der Waals surface area contributed by atoms with Crippen LogP contribution in [0.15, 0.2) is 22.7 Å². The number of hydrogen-bond donors (Lipinski definition) is 1. The summed E-state index contributed by atoms with van der Waals surface area (Å²) in [5.74, 6) is 0. The van der Waals surface area contributed by atoms with Crippen molar-refractivity contribution >= 4 is 21.6 Å². The highest BCUT2D eigenvalue weighted by Gasteiger charge is 2.21. The van der Waals surface area contributed by atoms with Gasteiger partial charge >= 0.3 is 0 Å². The van der Waals surface area contributed by atoms with Gasteiger partial charge in [-0.2, -0.15) is 0 Å². The maximum absolute atomic E-state index is 3.73. The average molecular weight is 354 g/mol. The van der Waals surface area contributed by atoms with Crippen molar-refractivity contribution in [3.05, 3.63) is 28.2 Å². The molecule has 0 atom stereocenters. The van der Waals surface area contributed by atoms with Gasteiger partial charge in [0.15, 0.2) is 0 Å². The van der Waals surface area contributed by atoms with E-state index in [4.69, 9.17) is 0 Å². The Morgan fingerprint density at radius 3 is 2.67 bits per heavy atom. The van der Waals surface area contributed by atoms with Crippen LogP contribution in [0.25, 0.3) is 0 Å². The molecule has 0 unspecified atom stereocenters. The molecule has 0 aliphatic carbocycles. The smallest absolute Gasteiger partial charge is 0.0377 e. The van der Waals surface area contributed by atoms with Crippen LogP contribution in [0.5, 0.6) is 0 Å². The third kappa shape index (κ3) is 4.70. The molecule has 1 saturated heterocycles. The molecule has 118 valence electrons. The van der Waals surface area contributed by atoms with Crippen LogP contribution in [-0.2, 0) is 6.54 Å². The molecule has 1 heterocycles. The Morgan fingerprint density at radius 2 is 2.05 bits per heavy atom. The molecule has 0 aromatic heterocycles. The lowest BCUT2D eigenvalue weighted by Crippen LogP contribution is -2.42. The maximum atomic E-state index is 3.73. The molecule has 0 bridgehead atoms. The van der Waals surface area contributed by atoms with Gasteiger partial charge in [-0.25, -0.2) is 0 Å². The molecule has 1 aromatic carbocycles. The molecular weight excluding hydrogens is 326 g/mol. The van der Waals surface area contributed by atoms with Crippen LogP contribution in [0, 0.1) is 0 Å². The number of benzene rings is 1. The Hall–Kier alpha value is -0.580. The Bertz CT molecular complexity index is 442. The average Bonchev–Trinajstić information content (AvgIpc) is 2.49. The van der Waals surface area contributed by atoms with Gasteiger partial charge in [0.1, 0.15) is 0 Å². The summed E-state index contributed by atoms with van der Waals surface area (Å²) >= 11 is 3.73. The van der Waals surface area contributed by atoms with E-state index in [-0.39, 0.29) is 0 Å². The van der Waals surface area contributed by atoms with E-state index >= 15 is 0 Å². The molecule has 1 aromatic rings. The molecule has 0 saturated carbocycles. The standard InChI is InChI=1S/C17H28BrN3/c1-4-9-19-13-14-5-6-16(12-17(14)18)21(3)15-7-10-20(2)11-8-15/h5-6,12,15,19H,4,7-11,13H2,1-3H3. The van der Waals surface area contributed by atoms with Gasteiger partial charge in [-0.1, -0.05) is 28.9 Å². The van der Waals surface area contributed by atoms with E-state index in [2.05, 4.69) is 70.3 Å². The van der Waals surface area contributed by atoms with E-state index in [1.165, 1.54) is 48.1 Å². The van der Waals surface area contributed by atoms with Crippen molar-refractivity contribution in [2.24, 2.45) is 0 Å². The highest BCUT2D eigenvalue weighted by Crippen LogP contribution is 2.27. The quantitative estimate of drug-likeness (QED) is 0.789. The fraction of sp³-hybridized carbons (Fsp3) is 0.647. The summed E-state index contributed by atoms with van der Waals surface area (Å²) in [4.78, 5) is 4.86. The number of rotatable bonds is 6. The summed E-state index contributed by atoms with van der Waals surface area (Å²) in [5.41, 5.74) is 2.65. The van der Waals surface area contributed by atoms with Crippen LogP contribution in [0.4, 0.5) is 5.69 Å². The second-order valence-corrected chi connectivity index (χ2v) is 6.95. The van der Waals surface area contributed by atoms with Gasteiger partial charge in [-0.15, -0.1) is 0 Å². The fourth-order valence-electron chi connectivity index (χ4n) is 2.89. The zero-order valence-corrected chi connectivity index (χ0v) is 15.1. The van der Waals surface area contributed by atoms with Gasteiger partial charge < -0.3 is 15.1 Å². The van der Waals surface area contributed by atoms with E-state index in [1.807, 2.05) is 0 Å². The van der Waals surface area contributed by atoms with Crippen LogP contribution >= 0.6 is 15.9 Å². The van der Waals surface area contributed by atoms with Gasteiger partial charge in [0.25, 0.3) is 0 Å². The van der Waals surface area contributed by atoms with E-state index in [0.717, 1.165) is 13.1 Å². The zero-order valence-electron chi connectivity index (χ0n) is 13.5. The molecule has 0 spiro atoms. The summed E-state index contributed by atoms with van der Waals surface area (Å²) in [5, 5.41) is 3.46. The normalized spacial score (nSPS) is 17.1.